The molecule has 5 nitrogen and oxygen atoms in total. The number of halogens is 2. The molecule has 1 aliphatic heterocycles. The Morgan fingerprint density at radius 3 is 2.44 bits per heavy atom. The van der Waals surface area contributed by atoms with E-state index in [1.807, 2.05) is 4.90 Å². The lowest BCUT2D eigenvalue weighted by Gasteiger charge is -2.36. The molecule has 136 valence electrons. The van der Waals surface area contributed by atoms with Gasteiger partial charge in [-0.2, -0.15) is 0 Å². The molecular formula is C18H24Cl2N4O. The van der Waals surface area contributed by atoms with Crippen molar-refractivity contribution in [3.05, 3.63) is 59.4 Å². The molecule has 1 amide bonds. The topological polar surface area (TPSA) is 62.5 Å². The fraction of sp³-hybridized carbons (Fsp3) is 0.333. The van der Waals surface area contributed by atoms with Gasteiger partial charge in [0.05, 0.1) is 5.69 Å². The van der Waals surface area contributed by atoms with Crippen LogP contribution in [0.5, 0.6) is 0 Å². The Morgan fingerprint density at radius 2 is 1.80 bits per heavy atom. The highest BCUT2D eigenvalue weighted by atomic mass is 35.5. The number of aryl methyl sites for hydroxylation is 1. The van der Waals surface area contributed by atoms with Gasteiger partial charge < -0.3 is 15.5 Å². The summed E-state index contributed by atoms with van der Waals surface area (Å²) in [4.78, 5) is 21.0. The number of hydrogen-bond donors (Lipinski definition) is 1. The number of benzene rings is 1. The maximum absolute atomic E-state index is 12.6. The fourth-order valence-corrected chi connectivity index (χ4v) is 2.97. The van der Waals surface area contributed by atoms with Gasteiger partial charge in [0.1, 0.15) is 0 Å². The lowest BCUT2D eigenvalue weighted by Crippen LogP contribution is -2.49. The van der Waals surface area contributed by atoms with E-state index in [9.17, 15) is 4.79 Å². The van der Waals surface area contributed by atoms with E-state index in [4.69, 9.17) is 5.73 Å². The fourth-order valence-electron chi connectivity index (χ4n) is 2.97. The van der Waals surface area contributed by atoms with E-state index in [0.717, 1.165) is 31.9 Å². The average molecular weight is 383 g/mol. The molecule has 0 atom stereocenters. The molecule has 0 unspecified atom stereocenters. The van der Waals surface area contributed by atoms with E-state index < -0.39 is 0 Å². The first-order chi connectivity index (χ1) is 11.2. The zero-order valence-electron chi connectivity index (χ0n) is 14.2. The molecule has 1 aromatic heterocycles. The van der Waals surface area contributed by atoms with E-state index in [1.165, 1.54) is 11.3 Å². The number of anilines is 1. The summed E-state index contributed by atoms with van der Waals surface area (Å²) in [6.07, 6.45) is 1.65. The van der Waals surface area contributed by atoms with Crippen LogP contribution in [-0.2, 0) is 6.54 Å². The number of carbonyl (C=O) groups is 1. The number of piperazine rings is 1. The summed E-state index contributed by atoms with van der Waals surface area (Å²) in [7, 11) is 0. The molecular weight excluding hydrogens is 359 g/mol. The summed E-state index contributed by atoms with van der Waals surface area (Å²) in [6, 6.07) is 11.9. The molecule has 7 heteroatoms. The van der Waals surface area contributed by atoms with Crippen molar-refractivity contribution in [2.75, 3.05) is 31.1 Å². The number of rotatable bonds is 3. The van der Waals surface area contributed by atoms with E-state index in [-0.39, 0.29) is 30.7 Å². The van der Waals surface area contributed by atoms with Gasteiger partial charge in [0.25, 0.3) is 5.91 Å². The van der Waals surface area contributed by atoms with Crippen LogP contribution in [-0.4, -0.2) is 42.0 Å². The highest BCUT2D eigenvalue weighted by Crippen LogP contribution is 2.21. The molecule has 2 N–H and O–H groups in total. The van der Waals surface area contributed by atoms with Crippen LogP contribution in [0, 0.1) is 6.92 Å². The molecule has 0 aliphatic carbocycles. The predicted molar refractivity (Wildman–Crippen MR) is 106 cm³/mol. The molecule has 1 aliphatic rings. The van der Waals surface area contributed by atoms with Crippen molar-refractivity contribution in [3.63, 3.8) is 0 Å². The van der Waals surface area contributed by atoms with Crippen LogP contribution >= 0.6 is 24.8 Å². The first kappa shape index (κ1) is 21.2. The standard InChI is InChI=1S/C18H22N4O.2ClH/c1-14-4-2-3-5-17(14)21-8-10-22(11-9-21)18(23)15-6-7-20-16(12-15)13-19;;/h2-7,12H,8-11,13,19H2,1H3;2*1H. The minimum Gasteiger partial charge on any atom is -0.368 e. The molecule has 0 spiro atoms. The zero-order chi connectivity index (χ0) is 16.2. The molecule has 2 heterocycles. The Labute approximate surface area is 161 Å². The van der Waals surface area contributed by atoms with Crippen molar-refractivity contribution in [3.8, 4) is 0 Å². The number of amides is 1. The van der Waals surface area contributed by atoms with Gasteiger partial charge in [0, 0.05) is 50.2 Å². The Bertz CT molecular complexity index is 703. The Kier molecular flexibility index (Phi) is 8.16. The number of nitrogens with two attached hydrogens (primary N) is 1. The van der Waals surface area contributed by atoms with Crippen LogP contribution in [0.25, 0.3) is 0 Å². The largest absolute Gasteiger partial charge is 0.368 e. The molecule has 1 saturated heterocycles. The third-order valence-corrected chi connectivity index (χ3v) is 4.30. The first-order valence-electron chi connectivity index (χ1n) is 7.94. The minimum absolute atomic E-state index is 0. The predicted octanol–water partition coefficient (Wildman–Crippen LogP) is 2.65. The summed E-state index contributed by atoms with van der Waals surface area (Å²) in [5.41, 5.74) is 9.55. The van der Waals surface area contributed by atoms with Gasteiger partial charge in [0.15, 0.2) is 0 Å². The second-order valence-corrected chi connectivity index (χ2v) is 5.81. The summed E-state index contributed by atoms with van der Waals surface area (Å²) in [5.74, 6) is 0.0616. The summed E-state index contributed by atoms with van der Waals surface area (Å²) >= 11 is 0. The quantitative estimate of drug-likeness (QED) is 0.885. The normalized spacial score (nSPS) is 13.7. The second-order valence-electron chi connectivity index (χ2n) is 5.81. The van der Waals surface area contributed by atoms with E-state index >= 15 is 0 Å². The molecule has 25 heavy (non-hydrogen) atoms. The van der Waals surface area contributed by atoms with E-state index in [2.05, 4.69) is 41.1 Å². The average Bonchev–Trinajstić information content (AvgIpc) is 2.62. The third kappa shape index (κ3) is 4.84. The SMILES string of the molecule is Cc1ccccc1N1CCN(C(=O)c2ccnc(CN)c2)CC1.Cl.Cl. The van der Waals surface area contributed by atoms with E-state index in [1.54, 1.807) is 18.3 Å². The lowest BCUT2D eigenvalue weighted by molar-refractivity contribution is 0.0746. The van der Waals surface area contributed by atoms with Crippen molar-refractivity contribution in [2.45, 2.75) is 13.5 Å². The smallest absolute Gasteiger partial charge is 0.254 e. The van der Waals surface area contributed by atoms with Crippen LogP contribution in [0.1, 0.15) is 21.6 Å². The van der Waals surface area contributed by atoms with Gasteiger partial charge in [-0.15, -0.1) is 24.8 Å². The first-order valence-corrected chi connectivity index (χ1v) is 7.94. The Morgan fingerprint density at radius 1 is 1.12 bits per heavy atom. The van der Waals surface area contributed by atoms with Crippen LogP contribution in [0.2, 0.25) is 0 Å². The van der Waals surface area contributed by atoms with Crippen LogP contribution < -0.4 is 10.6 Å². The van der Waals surface area contributed by atoms with Crippen LogP contribution in [0.15, 0.2) is 42.6 Å². The molecule has 0 radical (unpaired) electrons. The molecule has 1 aromatic carbocycles. The van der Waals surface area contributed by atoms with Crippen molar-refractivity contribution in [1.82, 2.24) is 9.88 Å². The summed E-state index contributed by atoms with van der Waals surface area (Å²) < 4.78 is 0. The number of aromatic nitrogens is 1. The van der Waals surface area contributed by atoms with Crippen molar-refractivity contribution in [1.29, 1.82) is 0 Å². The number of pyridine rings is 1. The Balaban J connectivity index is 0.00000156. The number of hydrogen-bond acceptors (Lipinski definition) is 4. The van der Waals surface area contributed by atoms with Gasteiger partial charge in [-0.3, -0.25) is 9.78 Å². The summed E-state index contributed by atoms with van der Waals surface area (Å²) in [5, 5.41) is 0. The highest BCUT2D eigenvalue weighted by molar-refractivity contribution is 5.94. The highest BCUT2D eigenvalue weighted by Gasteiger charge is 2.23. The maximum atomic E-state index is 12.6. The van der Waals surface area contributed by atoms with Gasteiger partial charge in [-0.1, -0.05) is 18.2 Å². The second kappa shape index (κ2) is 9.61. The number of nitrogens with zero attached hydrogens (tertiary/aromatic N) is 3. The number of para-hydroxylation sites is 1. The summed E-state index contributed by atoms with van der Waals surface area (Å²) in [6.45, 7) is 5.64. The molecule has 2 aromatic rings. The molecule has 1 fully saturated rings. The van der Waals surface area contributed by atoms with Crippen molar-refractivity contribution in [2.24, 2.45) is 5.73 Å². The lowest BCUT2D eigenvalue weighted by atomic mass is 10.1. The number of carbonyl (C=O) groups excluding carboxylic acids is 1. The van der Waals surface area contributed by atoms with Gasteiger partial charge in [0.2, 0.25) is 0 Å². The maximum Gasteiger partial charge on any atom is 0.254 e. The zero-order valence-corrected chi connectivity index (χ0v) is 15.9. The van der Waals surface area contributed by atoms with Crippen LogP contribution in [0.3, 0.4) is 0 Å². The molecule has 3 rings (SSSR count). The van der Waals surface area contributed by atoms with Gasteiger partial charge in [-0.25, -0.2) is 0 Å². The van der Waals surface area contributed by atoms with Crippen molar-refractivity contribution < 1.29 is 4.79 Å². The molecule has 0 bridgehead atoms. The molecule has 0 saturated carbocycles. The van der Waals surface area contributed by atoms with Gasteiger partial charge in [-0.05, 0) is 30.7 Å². The van der Waals surface area contributed by atoms with E-state index in [0.29, 0.717) is 12.1 Å². The van der Waals surface area contributed by atoms with Crippen LogP contribution in [0.4, 0.5) is 5.69 Å². The van der Waals surface area contributed by atoms with Crippen molar-refractivity contribution >= 4 is 36.4 Å². The minimum atomic E-state index is 0. The monoisotopic (exact) mass is 382 g/mol. The third-order valence-electron chi connectivity index (χ3n) is 4.30. The van der Waals surface area contributed by atoms with Gasteiger partial charge >= 0.3 is 0 Å². The Hall–Kier alpha value is -1.82.